The van der Waals surface area contributed by atoms with Crippen LogP contribution in [0, 0.1) is 5.92 Å². The molecule has 2 atom stereocenters. The lowest BCUT2D eigenvalue weighted by atomic mass is 9.85. The van der Waals surface area contributed by atoms with Gasteiger partial charge in [0.1, 0.15) is 18.1 Å². The molecule has 2 aliphatic rings. The number of halogens is 7. The number of hydrogen-bond donors (Lipinski definition) is 0. The maximum atomic E-state index is 13.5. The van der Waals surface area contributed by atoms with Crippen LogP contribution in [0.1, 0.15) is 29.7 Å². The summed E-state index contributed by atoms with van der Waals surface area (Å²) >= 11 is 0. The SMILES string of the molecule is C[C@@H]1Cc2cc(OS(=O)(=O)C(F)(F)F)ccc2[C@@H](c2ccc(OCCN3CC(CF)C3)cc2)N1CC(F)(F)F. The number of nitrogens with zero attached hydrogens (tertiary/aromatic N) is 2. The Morgan fingerprint density at radius 2 is 1.62 bits per heavy atom. The van der Waals surface area contributed by atoms with Crippen molar-refractivity contribution in [1.82, 2.24) is 9.80 Å². The number of hydrogen-bond acceptors (Lipinski definition) is 6. The van der Waals surface area contributed by atoms with E-state index in [9.17, 15) is 39.2 Å². The maximum Gasteiger partial charge on any atom is 0.534 e. The Morgan fingerprint density at radius 1 is 0.974 bits per heavy atom. The lowest BCUT2D eigenvalue weighted by Crippen LogP contribution is -2.49. The van der Waals surface area contributed by atoms with Gasteiger partial charge in [-0.1, -0.05) is 18.2 Å². The zero-order chi connectivity index (χ0) is 28.6. The Labute approximate surface area is 221 Å². The molecule has 39 heavy (non-hydrogen) atoms. The Balaban J connectivity index is 1.56. The van der Waals surface area contributed by atoms with Gasteiger partial charge in [-0.3, -0.25) is 14.2 Å². The first-order valence-corrected chi connectivity index (χ1v) is 13.5. The molecule has 1 fully saturated rings. The molecule has 2 aromatic carbocycles. The van der Waals surface area contributed by atoms with E-state index in [4.69, 9.17) is 4.74 Å². The van der Waals surface area contributed by atoms with E-state index in [1.54, 1.807) is 31.2 Å². The average molecular weight is 585 g/mol. The van der Waals surface area contributed by atoms with Gasteiger partial charge in [-0.2, -0.15) is 34.8 Å². The van der Waals surface area contributed by atoms with Gasteiger partial charge in [0.2, 0.25) is 0 Å². The molecule has 0 aliphatic carbocycles. The third-order valence-electron chi connectivity index (χ3n) is 6.80. The second kappa shape index (κ2) is 11.1. The number of rotatable bonds is 9. The standard InChI is InChI=1S/C25H27F7N2O4S/c1-16-10-19-11-21(38-39(35,36)25(30,31)32)6-7-22(19)23(34(16)15-24(27,28)29)18-2-4-20(5-3-18)37-9-8-33-13-17(12-26)14-33/h2-7,11,16-17,23H,8-10,12-15H2,1H3/t16-,23-/m1/s1. The Kier molecular flexibility index (Phi) is 8.39. The summed E-state index contributed by atoms with van der Waals surface area (Å²) < 4.78 is 124. The second-order valence-electron chi connectivity index (χ2n) is 9.78. The van der Waals surface area contributed by atoms with E-state index in [-0.39, 0.29) is 19.0 Å². The number of likely N-dealkylation sites (tertiary alicyclic amines) is 1. The number of alkyl halides is 7. The van der Waals surface area contributed by atoms with Crippen LogP contribution in [-0.2, 0) is 16.5 Å². The van der Waals surface area contributed by atoms with Crippen molar-refractivity contribution in [3.05, 3.63) is 59.2 Å². The molecule has 2 aliphatic heterocycles. The molecule has 1 saturated heterocycles. The highest BCUT2D eigenvalue weighted by Gasteiger charge is 2.49. The first-order valence-electron chi connectivity index (χ1n) is 12.1. The molecule has 2 aromatic rings. The minimum absolute atomic E-state index is 0.0339. The van der Waals surface area contributed by atoms with E-state index in [1.807, 2.05) is 4.90 Å². The van der Waals surface area contributed by atoms with Crippen molar-refractivity contribution in [3.8, 4) is 11.5 Å². The maximum absolute atomic E-state index is 13.5. The highest BCUT2D eigenvalue weighted by molar-refractivity contribution is 7.88. The first kappa shape index (κ1) is 29.4. The van der Waals surface area contributed by atoms with Gasteiger partial charge in [-0.05, 0) is 54.3 Å². The predicted octanol–water partition coefficient (Wildman–Crippen LogP) is 5.09. The van der Waals surface area contributed by atoms with Gasteiger partial charge in [0.25, 0.3) is 0 Å². The van der Waals surface area contributed by atoms with Crippen LogP contribution in [-0.4, -0.2) is 75.4 Å². The van der Waals surface area contributed by atoms with Gasteiger partial charge in [0.15, 0.2) is 0 Å². The first-order chi connectivity index (χ1) is 18.2. The topological polar surface area (TPSA) is 59.1 Å². The summed E-state index contributed by atoms with van der Waals surface area (Å²) in [5, 5.41) is 0. The predicted molar refractivity (Wildman–Crippen MR) is 128 cm³/mol. The van der Waals surface area contributed by atoms with Crippen LogP contribution in [0.25, 0.3) is 0 Å². The molecule has 0 aromatic heterocycles. The molecular weight excluding hydrogens is 557 g/mol. The van der Waals surface area contributed by atoms with Crippen LogP contribution < -0.4 is 8.92 Å². The van der Waals surface area contributed by atoms with Crippen LogP contribution in [0.5, 0.6) is 11.5 Å². The van der Waals surface area contributed by atoms with E-state index in [0.29, 0.717) is 48.7 Å². The van der Waals surface area contributed by atoms with Crippen LogP contribution in [0.4, 0.5) is 30.7 Å². The Bertz CT molecular complexity index is 1250. The normalized spacial score (nSPS) is 21.3. The summed E-state index contributed by atoms with van der Waals surface area (Å²) in [6.07, 6.45) is -4.49. The third-order valence-corrected chi connectivity index (χ3v) is 7.78. The molecule has 0 amide bonds. The number of ether oxygens (including phenoxy) is 1. The summed E-state index contributed by atoms with van der Waals surface area (Å²) in [6, 6.07) is 8.29. The van der Waals surface area contributed by atoms with Crippen LogP contribution in [0.3, 0.4) is 0 Å². The molecule has 0 unspecified atom stereocenters. The Hall–Kier alpha value is -2.58. The molecule has 14 heteroatoms. The minimum Gasteiger partial charge on any atom is -0.492 e. The smallest absolute Gasteiger partial charge is 0.492 e. The summed E-state index contributed by atoms with van der Waals surface area (Å²) in [4.78, 5) is 3.29. The van der Waals surface area contributed by atoms with E-state index in [1.165, 1.54) is 11.0 Å². The summed E-state index contributed by atoms with van der Waals surface area (Å²) in [5.74, 6) is -0.0275. The molecule has 4 rings (SSSR count). The molecule has 2 heterocycles. The number of benzene rings is 2. The van der Waals surface area contributed by atoms with Crippen LogP contribution >= 0.6 is 0 Å². The average Bonchev–Trinajstić information content (AvgIpc) is 2.80. The highest BCUT2D eigenvalue weighted by Crippen LogP contribution is 2.41. The fourth-order valence-electron chi connectivity index (χ4n) is 4.94. The fraction of sp³-hybridized carbons (Fsp3) is 0.520. The van der Waals surface area contributed by atoms with Crippen molar-refractivity contribution in [2.45, 2.75) is 37.1 Å². The zero-order valence-corrected chi connectivity index (χ0v) is 21.6. The van der Waals surface area contributed by atoms with Crippen molar-refractivity contribution >= 4 is 10.1 Å². The monoisotopic (exact) mass is 584 g/mol. The van der Waals surface area contributed by atoms with Gasteiger partial charge < -0.3 is 8.92 Å². The molecule has 6 nitrogen and oxygen atoms in total. The van der Waals surface area contributed by atoms with Gasteiger partial charge in [-0.15, -0.1) is 0 Å². The van der Waals surface area contributed by atoms with Crippen molar-refractivity contribution in [2.24, 2.45) is 5.92 Å². The van der Waals surface area contributed by atoms with Crippen molar-refractivity contribution in [3.63, 3.8) is 0 Å². The molecular formula is C25H27F7N2O4S. The van der Waals surface area contributed by atoms with E-state index in [2.05, 4.69) is 4.18 Å². The Morgan fingerprint density at radius 3 is 2.21 bits per heavy atom. The summed E-state index contributed by atoms with van der Waals surface area (Å²) in [5.41, 5.74) is -4.37. The highest BCUT2D eigenvalue weighted by atomic mass is 32.2. The summed E-state index contributed by atoms with van der Waals surface area (Å²) in [6.45, 7) is 2.28. The molecule has 0 spiro atoms. The van der Waals surface area contributed by atoms with Gasteiger partial charge >= 0.3 is 21.8 Å². The number of fused-ring (bicyclic) bond motifs is 1. The third kappa shape index (κ3) is 6.95. The largest absolute Gasteiger partial charge is 0.534 e. The fourth-order valence-corrected chi connectivity index (χ4v) is 5.39. The molecule has 0 bridgehead atoms. The molecule has 0 N–H and O–H groups in total. The van der Waals surface area contributed by atoms with Crippen molar-refractivity contribution in [2.75, 3.05) is 39.5 Å². The van der Waals surface area contributed by atoms with E-state index >= 15 is 0 Å². The van der Waals surface area contributed by atoms with E-state index in [0.717, 1.165) is 12.1 Å². The quantitative estimate of drug-likeness (QED) is 0.233. The van der Waals surface area contributed by atoms with Gasteiger partial charge in [-0.25, -0.2) is 0 Å². The minimum atomic E-state index is -5.90. The van der Waals surface area contributed by atoms with Gasteiger partial charge in [0.05, 0.1) is 19.3 Å². The van der Waals surface area contributed by atoms with Crippen LogP contribution in [0.2, 0.25) is 0 Å². The zero-order valence-electron chi connectivity index (χ0n) is 20.8. The van der Waals surface area contributed by atoms with Crippen molar-refractivity contribution in [1.29, 1.82) is 0 Å². The van der Waals surface area contributed by atoms with Gasteiger partial charge in [0, 0.05) is 31.6 Å². The molecule has 216 valence electrons. The van der Waals surface area contributed by atoms with E-state index < -0.39 is 46.2 Å². The second-order valence-corrected chi connectivity index (χ2v) is 11.3. The lowest BCUT2D eigenvalue weighted by Gasteiger charge is -2.42. The summed E-state index contributed by atoms with van der Waals surface area (Å²) in [7, 11) is -5.90. The van der Waals surface area contributed by atoms with Crippen LogP contribution in [0.15, 0.2) is 42.5 Å². The molecule has 0 radical (unpaired) electrons. The van der Waals surface area contributed by atoms with Crippen molar-refractivity contribution < 1.29 is 48.1 Å². The lowest BCUT2D eigenvalue weighted by molar-refractivity contribution is -0.155. The molecule has 0 saturated carbocycles.